The van der Waals surface area contributed by atoms with Crippen LogP contribution in [0.3, 0.4) is 0 Å². The molecular formula is C24H25N5. The maximum atomic E-state index is 6.10. The Morgan fingerprint density at radius 2 is 1.66 bits per heavy atom. The lowest BCUT2D eigenvalue weighted by atomic mass is 10.1. The highest BCUT2D eigenvalue weighted by atomic mass is 15.0. The Kier molecular flexibility index (Phi) is 6.68. The number of benzene rings is 2. The zero-order valence-electron chi connectivity index (χ0n) is 16.2. The van der Waals surface area contributed by atoms with E-state index in [-0.39, 0.29) is 0 Å². The summed E-state index contributed by atoms with van der Waals surface area (Å²) in [7, 11) is 0. The molecule has 0 aliphatic rings. The Labute approximate surface area is 171 Å². The Hall–Kier alpha value is -3.99. The highest BCUT2D eigenvalue weighted by Gasteiger charge is 2.02. The molecule has 3 rings (SSSR count). The van der Waals surface area contributed by atoms with Gasteiger partial charge in [0.1, 0.15) is 5.82 Å². The van der Waals surface area contributed by atoms with Gasteiger partial charge in [0.15, 0.2) is 0 Å². The van der Waals surface area contributed by atoms with Crippen molar-refractivity contribution in [3.05, 3.63) is 120 Å². The molecule has 0 saturated carbocycles. The normalized spacial score (nSPS) is 11.7. The summed E-state index contributed by atoms with van der Waals surface area (Å²) in [5.74, 6) is 0.494. The lowest BCUT2D eigenvalue weighted by Crippen LogP contribution is -2.12. The number of hydrogen-bond donors (Lipinski definition) is 4. The first kappa shape index (κ1) is 19.8. The van der Waals surface area contributed by atoms with Crippen LogP contribution in [0.4, 0.5) is 5.69 Å². The third-order valence-corrected chi connectivity index (χ3v) is 4.26. The first-order chi connectivity index (χ1) is 14.1. The van der Waals surface area contributed by atoms with Crippen molar-refractivity contribution in [3.8, 4) is 0 Å². The van der Waals surface area contributed by atoms with Gasteiger partial charge in [-0.15, -0.1) is 0 Å². The highest BCUT2D eigenvalue weighted by molar-refractivity contribution is 5.67. The maximum absolute atomic E-state index is 6.10. The molecule has 5 heteroatoms. The van der Waals surface area contributed by atoms with Crippen molar-refractivity contribution in [2.45, 2.75) is 6.54 Å². The minimum absolute atomic E-state index is 0.494. The lowest BCUT2D eigenvalue weighted by Gasteiger charge is -2.12. The summed E-state index contributed by atoms with van der Waals surface area (Å²) >= 11 is 0. The molecular weight excluding hydrogens is 358 g/mol. The van der Waals surface area contributed by atoms with Crippen molar-refractivity contribution in [1.82, 2.24) is 10.3 Å². The molecule has 6 N–H and O–H groups in total. The molecule has 0 saturated heterocycles. The summed E-state index contributed by atoms with van der Waals surface area (Å²) in [6.07, 6.45) is 5.32. The minimum Gasteiger partial charge on any atom is -0.398 e. The van der Waals surface area contributed by atoms with Gasteiger partial charge in [-0.2, -0.15) is 0 Å². The Balaban J connectivity index is 1.62. The summed E-state index contributed by atoms with van der Waals surface area (Å²) < 4.78 is 0. The molecule has 0 radical (unpaired) electrons. The predicted molar refractivity (Wildman–Crippen MR) is 121 cm³/mol. The van der Waals surface area contributed by atoms with E-state index in [0.717, 1.165) is 28.2 Å². The molecule has 0 fully saturated rings. The Bertz CT molecular complexity index is 1010. The Morgan fingerprint density at radius 1 is 0.897 bits per heavy atom. The fraction of sp³-hybridized carbons (Fsp3) is 0.0417. The van der Waals surface area contributed by atoms with Crippen molar-refractivity contribution in [3.63, 3.8) is 0 Å². The second-order valence-corrected chi connectivity index (χ2v) is 6.47. The van der Waals surface area contributed by atoms with Crippen molar-refractivity contribution in [1.29, 1.82) is 0 Å². The maximum Gasteiger partial charge on any atom is 0.101 e. The van der Waals surface area contributed by atoms with E-state index in [4.69, 9.17) is 11.5 Å². The van der Waals surface area contributed by atoms with E-state index in [2.05, 4.69) is 22.2 Å². The van der Waals surface area contributed by atoms with Gasteiger partial charge in [0.25, 0.3) is 0 Å². The Morgan fingerprint density at radius 3 is 2.41 bits per heavy atom. The number of pyridine rings is 1. The summed E-state index contributed by atoms with van der Waals surface area (Å²) in [5.41, 5.74) is 17.4. The first-order valence-electron chi connectivity index (χ1n) is 9.30. The number of nitrogens with one attached hydrogen (secondary N) is 2. The van der Waals surface area contributed by atoms with Crippen molar-refractivity contribution in [2.75, 3.05) is 5.32 Å². The third-order valence-electron chi connectivity index (χ3n) is 4.26. The SMILES string of the molecule is C=C(NCc1ccccn1)c1cccc(N/C(N)=C/C=C(\N)c2ccccc2)c1. The van der Waals surface area contributed by atoms with E-state index < -0.39 is 0 Å². The summed E-state index contributed by atoms with van der Waals surface area (Å²) in [6, 6.07) is 23.5. The van der Waals surface area contributed by atoms with Crippen molar-refractivity contribution >= 4 is 17.1 Å². The van der Waals surface area contributed by atoms with Crippen LogP contribution in [0.15, 0.2) is 104 Å². The summed E-state index contributed by atoms with van der Waals surface area (Å²) in [5, 5.41) is 6.47. The molecule has 3 aromatic rings. The molecule has 5 nitrogen and oxygen atoms in total. The van der Waals surface area contributed by atoms with Gasteiger partial charge in [0.05, 0.1) is 12.2 Å². The number of anilines is 1. The van der Waals surface area contributed by atoms with E-state index in [1.165, 1.54) is 0 Å². The largest absolute Gasteiger partial charge is 0.398 e. The smallest absolute Gasteiger partial charge is 0.101 e. The molecule has 0 atom stereocenters. The topological polar surface area (TPSA) is 89.0 Å². The summed E-state index contributed by atoms with van der Waals surface area (Å²) in [4.78, 5) is 4.30. The van der Waals surface area contributed by atoms with Gasteiger partial charge in [-0.3, -0.25) is 4.98 Å². The molecule has 2 aromatic carbocycles. The van der Waals surface area contributed by atoms with Gasteiger partial charge in [-0.05, 0) is 47.5 Å². The molecule has 0 unspecified atom stereocenters. The molecule has 29 heavy (non-hydrogen) atoms. The van der Waals surface area contributed by atoms with Crippen LogP contribution < -0.4 is 22.1 Å². The monoisotopic (exact) mass is 383 g/mol. The van der Waals surface area contributed by atoms with Gasteiger partial charge in [-0.25, -0.2) is 0 Å². The molecule has 0 aliphatic heterocycles. The van der Waals surface area contributed by atoms with Crippen molar-refractivity contribution in [2.24, 2.45) is 11.5 Å². The van der Waals surface area contributed by atoms with Gasteiger partial charge in [-0.1, -0.05) is 55.1 Å². The predicted octanol–water partition coefficient (Wildman–Crippen LogP) is 4.05. The van der Waals surface area contributed by atoms with Gasteiger partial charge in [0, 0.05) is 23.3 Å². The number of nitrogens with zero attached hydrogens (tertiary/aromatic N) is 1. The lowest BCUT2D eigenvalue weighted by molar-refractivity contribution is 0.855. The van der Waals surface area contributed by atoms with E-state index in [1.54, 1.807) is 18.3 Å². The zero-order chi connectivity index (χ0) is 20.5. The second-order valence-electron chi connectivity index (χ2n) is 6.47. The van der Waals surface area contributed by atoms with Crippen LogP contribution in [0.1, 0.15) is 16.8 Å². The molecule has 0 spiro atoms. The van der Waals surface area contributed by atoms with Crippen molar-refractivity contribution < 1.29 is 0 Å². The molecule has 1 heterocycles. The average molecular weight is 383 g/mol. The van der Waals surface area contributed by atoms with Crippen LogP contribution in [-0.4, -0.2) is 4.98 Å². The van der Waals surface area contributed by atoms with Gasteiger partial charge >= 0.3 is 0 Å². The van der Waals surface area contributed by atoms with Gasteiger partial charge in [0.2, 0.25) is 0 Å². The summed E-state index contributed by atoms with van der Waals surface area (Å²) in [6.45, 7) is 4.73. The van der Waals surface area contributed by atoms with Crippen LogP contribution in [0, 0.1) is 0 Å². The van der Waals surface area contributed by atoms with E-state index in [1.807, 2.05) is 72.8 Å². The first-order valence-corrected chi connectivity index (χ1v) is 9.30. The molecule has 0 amide bonds. The molecule has 1 aromatic heterocycles. The standard InChI is InChI=1S/C24H25N5/c1-18(28-17-22-11-5-6-15-27-22)20-10-7-12-21(16-20)29-24(26)14-13-23(25)19-8-3-2-4-9-19/h2-16,28-29H,1,17,25-26H2/b23-13-,24-14+. The molecule has 0 aliphatic carbocycles. The van der Waals surface area contributed by atoms with E-state index in [9.17, 15) is 0 Å². The molecule has 0 bridgehead atoms. The molecule has 146 valence electrons. The number of aromatic nitrogens is 1. The second kappa shape index (κ2) is 9.80. The minimum atomic E-state index is 0.494. The average Bonchev–Trinajstić information content (AvgIpc) is 2.77. The number of nitrogens with two attached hydrogens (primary N) is 2. The third kappa shape index (κ3) is 6.01. The fourth-order valence-electron chi connectivity index (χ4n) is 2.70. The van der Waals surface area contributed by atoms with Crippen LogP contribution >= 0.6 is 0 Å². The highest BCUT2D eigenvalue weighted by Crippen LogP contribution is 2.17. The number of hydrogen-bond acceptors (Lipinski definition) is 5. The van der Waals surface area contributed by atoms with Crippen LogP contribution in [0.5, 0.6) is 0 Å². The zero-order valence-corrected chi connectivity index (χ0v) is 16.2. The van der Waals surface area contributed by atoms with E-state index >= 15 is 0 Å². The fourth-order valence-corrected chi connectivity index (χ4v) is 2.70. The van der Waals surface area contributed by atoms with Crippen LogP contribution in [0.25, 0.3) is 11.4 Å². The quantitative estimate of drug-likeness (QED) is 0.441. The van der Waals surface area contributed by atoms with Crippen LogP contribution in [0.2, 0.25) is 0 Å². The van der Waals surface area contributed by atoms with Gasteiger partial charge < -0.3 is 22.1 Å². The van der Waals surface area contributed by atoms with Crippen LogP contribution in [-0.2, 0) is 6.54 Å². The number of rotatable bonds is 8. The van der Waals surface area contributed by atoms with E-state index in [0.29, 0.717) is 18.1 Å². The number of allylic oxidation sites excluding steroid dienone is 2.